The number of nitrogens with zero attached hydrogens (tertiary/aromatic N) is 1. The van der Waals surface area contributed by atoms with Gasteiger partial charge >= 0.3 is 0 Å². The molecule has 0 fully saturated rings. The van der Waals surface area contributed by atoms with Crippen molar-refractivity contribution in [2.45, 2.75) is 25.4 Å². The van der Waals surface area contributed by atoms with Crippen LogP contribution in [-0.2, 0) is 0 Å². The second-order valence-corrected chi connectivity index (χ2v) is 5.23. The Morgan fingerprint density at radius 2 is 1.80 bits per heavy atom. The van der Waals surface area contributed by atoms with Gasteiger partial charge in [-0.1, -0.05) is 61.0 Å². The molecule has 0 saturated carbocycles. The number of benzene rings is 2. The first-order valence-corrected chi connectivity index (χ1v) is 6.91. The highest BCUT2D eigenvalue weighted by atomic mass is 35.5. The molecule has 0 amide bonds. The van der Waals surface area contributed by atoms with Gasteiger partial charge in [-0.25, -0.2) is 0 Å². The third-order valence-electron chi connectivity index (χ3n) is 3.50. The maximum Gasteiger partial charge on any atom is 0.0735 e. The van der Waals surface area contributed by atoms with Gasteiger partial charge in [-0.3, -0.25) is 0 Å². The molecule has 0 spiro atoms. The third-order valence-corrected chi connectivity index (χ3v) is 3.83. The summed E-state index contributed by atoms with van der Waals surface area (Å²) < 4.78 is 0. The fourth-order valence-electron chi connectivity index (χ4n) is 2.15. The zero-order chi connectivity index (χ0) is 14.5. The molecule has 3 heteroatoms. The van der Waals surface area contributed by atoms with Crippen LogP contribution in [0.3, 0.4) is 0 Å². The smallest absolute Gasteiger partial charge is 0.0735 e. The van der Waals surface area contributed by atoms with E-state index in [-0.39, 0.29) is 12.3 Å². The highest BCUT2D eigenvalue weighted by Gasteiger charge is 2.16. The number of aliphatic hydroxyl groups excluding tert-OH is 1. The molecule has 0 aliphatic carbocycles. The van der Waals surface area contributed by atoms with Crippen LogP contribution in [-0.4, -0.2) is 11.2 Å². The van der Waals surface area contributed by atoms with Gasteiger partial charge in [0.1, 0.15) is 0 Å². The monoisotopic (exact) mass is 285 g/mol. The lowest BCUT2D eigenvalue weighted by atomic mass is 9.92. The first-order valence-electron chi connectivity index (χ1n) is 6.53. The lowest BCUT2D eigenvalue weighted by molar-refractivity contribution is 0.154. The third kappa shape index (κ3) is 3.19. The fourth-order valence-corrected chi connectivity index (χ4v) is 2.40. The highest BCUT2D eigenvalue weighted by Crippen LogP contribution is 2.29. The summed E-state index contributed by atoms with van der Waals surface area (Å²) in [6, 6.07) is 17.6. The molecule has 0 aliphatic heterocycles. The van der Waals surface area contributed by atoms with E-state index in [9.17, 15) is 5.11 Å². The molecule has 2 aromatic carbocycles. The summed E-state index contributed by atoms with van der Waals surface area (Å²) in [6.45, 7) is 1.92. The summed E-state index contributed by atoms with van der Waals surface area (Å²) in [7, 11) is 0. The van der Waals surface area contributed by atoms with E-state index in [1.54, 1.807) is 0 Å². The number of hydrogen-bond donors (Lipinski definition) is 1. The van der Waals surface area contributed by atoms with Crippen LogP contribution in [0.2, 0.25) is 5.02 Å². The van der Waals surface area contributed by atoms with Gasteiger partial charge in [-0.05, 0) is 17.2 Å². The van der Waals surface area contributed by atoms with E-state index in [0.717, 1.165) is 21.7 Å². The molecule has 0 aliphatic rings. The van der Waals surface area contributed by atoms with Crippen molar-refractivity contribution in [1.82, 2.24) is 0 Å². The number of rotatable bonds is 4. The van der Waals surface area contributed by atoms with Crippen LogP contribution in [0.4, 0.5) is 0 Å². The zero-order valence-electron chi connectivity index (χ0n) is 11.3. The average molecular weight is 286 g/mol. The molecular formula is C17H16ClNO. The Kier molecular flexibility index (Phi) is 4.79. The molecule has 2 atom stereocenters. The number of halogens is 1. The summed E-state index contributed by atoms with van der Waals surface area (Å²) >= 11 is 6.18. The Labute approximate surface area is 124 Å². The van der Waals surface area contributed by atoms with Gasteiger partial charge in [0, 0.05) is 16.5 Å². The van der Waals surface area contributed by atoms with E-state index in [4.69, 9.17) is 16.9 Å². The first kappa shape index (κ1) is 14.6. The van der Waals surface area contributed by atoms with Crippen molar-refractivity contribution in [3.05, 3.63) is 59.1 Å². The van der Waals surface area contributed by atoms with Gasteiger partial charge in [0.15, 0.2) is 0 Å². The average Bonchev–Trinajstić information content (AvgIpc) is 2.47. The second kappa shape index (κ2) is 6.56. The van der Waals surface area contributed by atoms with Crippen molar-refractivity contribution in [3.8, 4) is 17.2 Å². The van der Waals surface area contributed by atoms with E-state index < -0.39 is 6.10 Å². The maximum atomic E-state index is 9.86. The van der Waals surface area contributed by atoms with Gasteiger partial charge in [-0.15, -0.1) is 0 Å². The number of aliphatic hydroxyl groups is 1. The summed E-state index contributed by atoms with van der Waals surface area (Å²) in [5, 5.41) is 19.2. The second-order valence-electron chi connectivity index (χ2n) is 4.82. The summed E-state index contributed by atoms with van der Waals surface area (Å²) in [5.41, 5.74) is 3.05. The van der Waals surface area contributed by atoms with Crippen molar-refractivity contribution < 1.29 is 5.11 Å². The number of hydrogen-bond acceptors (Lipinski definition) is 2. The van der Waals surface area contributed by atoms with Crippen LogP contribution < -0.4 is 0 Å². The Morgan fingerprint density at radius 3 is 2.40 bits per heavy atom. The number of nitriles is 1. The fraction of sp³-hybridized carbons (Fsp3) is 0.235. The van der Waals surface area contributed by atoms with E-state index >= 15 is 0 Å². The standard InChI is InChI=1S/C17H16ClNO/c1-12(17(20)10-11-19)13-6-8-14(9-7-13)15-4-2-3-5-16(15)18/h2-9,12,17,20H,10H2,1H3. The molecular weight excluding hydrogens is 270 g/mol. The lowest BCUT2D eigenvalue weighted by Gasteiger charge is -2.17. The summed E-state index contributed by atoms with van der Waals surface area (Å²) in [5.74, 6) is -0.0602. The van der Waals surface area contributed by atoms with Crippen LogP contribution in [0.25, 0.3) is 11.1 Å². The van der Waals surface area contributed by atoms with Crippen LogP contribution >= 0.6 is 11.6 Å². The molecule has 2 aromatic rings. The maximum absolute atomic E-state index is 9.86. The van der Waals surface area contributed by atoms with Gasteiger partial charge < -0.3 is 5.11 Å². The Balaban J connectivity index is 2.23. The van der Waals surface area contributed by atoms with Crippen molar-refractivity contribution in [2.24, 2.45) is 0 Å². The van der Waals surface area contributed by atoms with Crippen LogP contribution in [0.5, 0.6) is 0 Å². The van der Waals surface area contributed by atoms with Gasteiger partial charge in [0.2, 0.25) is 0 Å². The molecule has 1 N–H and O–H groups in total. The Morgan fingerprint density at radius 1 is 1.15 bits per heavy atom. The van der Waals surface area contributed by atoms with Crippen molar-refractivity contribution in [3.63, 3.8) is 0 Å². The minimum absolute atomic E-state index is 0.0602. The van der Waals surface area contributed by atoms with Gasteiger partial charge in [-0.2, -0.15) is 5.26 Å². The molecule has 2 rings (SSSR count). The van der Waals surface area contributed by atoms with E-state index in [1.165, 1.54) is 0 Å². The van der Waals surface area contributed by atoms with Crippen molar-refractivity contribution in [2.75, 3.05) is 0 Å². The van der Waals surface area contributed by atoms with Crippen molar-refractivity contribution in [1.29, 1.82) is 5.26 Å². The summed E-state index contributed by atoms with van der Waals surface area (Å²) in [6.07, 6.45) is -0.487. The molecule has 0 saturated heterocycles. The molecule has 20 heavy (non-hydrogen) atoms. The van der Waals surface area contributed by atoms with Crippen LogP contribution in [0.1, 0.15) is 24.8 Å². The minimum atomic E-state index is -0.633. The predicted octanol–water partition coefficient (Wildman–Crippen LogP) is 4.39. The SMILES string of the molecule is CC(c1ccc(-c2ccccc2Cl)cc1)C(O)CC#N. The highest BCUT2D eigenvalue weighted by molar-refractivity contribution is 6.33. The molecule has 0 heterocycles. The molecule has 0 bridgehead atoms. The largest absolute Gasteiger partial charge is 0.391 e. The molecule has 102 valence electrons. The zero-order valence-corrected chi connectivity index (χ0v) is 12.0. The van der Waals surface area contributed by atoms with Crippen molar-refractivity contribution >= 4 is 11.6 Å². The van der Waals surface area contributed by atoms with Crippen LogP contribution in [0, 0.1) is 11.3 Å². The Hall–Kier alpha value is -1.82. The van der Waals surface area contributed by atoms with Gasteiger partial charge in [0.25, 0.3) is 0 Å². The Bertz CT molecular complexity index is 616. The molecule has 2 nitrogen and oxygen atoms in total. The van der Waals surface area contributed by atoms with E-state index in [0.29, 0.717) is 0 Å². The minimum Gasteiger partial charge on any atom is -0.391 e. The first-order chi connectivity index (χ1) is 9.63. The lowest BCUT2D eigenvalue weighted by Crippen LogP contribution is -2.14. The molecule has 2 unspecified atom stereocenters. The normalized spacial score (nSPS) is 13.5. The quantitative estimate of drug-likeness (QED) is 0.905. The summed E-state index contributed by atoms with van der Waals surface area (Å²) in [4.78, 5) is 0. The molecule has 0 aromatic heterocycles. The van der Waals surface area contributed by atoms with Gasteiger partial charge in [0.05, 0.1) is 18.6 Å². The predicted molar refractivity (Wildman–Crippen MR) is 81.5 cm³/mol. The molecule has 0 radical (unpaired) electrons. The van der Waals surface area contributed by atoms with E-state index in [1.807, 2.05) is 61.5 Å². The van der Waals surface area contributed by atoms with Crippen LogP contribution in [0.15, 0.2) is 48.5 Å². The van der Waals surface area contributed by atoms with E-state index in [2.05, 4.69) is 0 Å². The topological polar surface area (TPSA) is 44.0 Å².